The van der Waals surface area contributed by atoms with Crippen LogP contribution in [0, 0.1) is 134 Å². The van der Waals surface area contributed by atoms with E-state index in [0.717, 1.165) is 88.8 Å². The molecule has 69 heavy (non-hydrogen) atoms. The predicted octanol–water partition coefficient (Wildman–Crippen LogP) is 22.4. The minimum absolute atomic E-state index is 0.591. The molecule has 0 aliphatic heterocycles. The van der Waals surface area contributed by atoms with Crippen LogP contribution < -0.4 is 0 Å². The summed E-state index contributed by atoms with van der Waals surface area (Å²) in [6, 6.07) is 0. The van der Waals surface area contributed by atoms with Crippen LogP contribution in [0.2, 0.25) is 0 Å². The fraction of sp³-hybridized carbons (Fsp3) is 1.00. The third kappa shape index (κ3) is 13.7. The van der Waals surface area contributed by atoms with Crippen molar-refractivity contribution in [2.75, 3.05) is 0 Å². The first kappa shape index (κ1) is 58.3. The van der Waals surface area contributed by atoms with E-state index >= 15 is 0 Å². The van der Waals surface area contributed by atoms with Gasteiger partial charge in [0.25, 0.3) is 0 Å². The Bertz CT molecular complexity index is 1420. The molecule has 0 aromatic rings. The van der Waals surface area contributed by atoms with Gasteiger partial charge in [-0.05, 0) is 243 Å². The van der Waals surface area contributed by atoms with Gasteiger partial charge in [0.2, 0.25) is 0 Å². The van der Waals surface area contributed by atoms with E-state index in [1.165, 1.54) is 184 Å². The number of fused-ring (bicyclic) bond motifs is 4. The lowest BCUT2D eigenvalue weighted by Crippen LogP contribution is -2.76. The Kier molecular flexibility index (Phi) is 21.3. The normalized spacial score (nSPS) is 43.3. The molecule has 0 aromatic heterocycles. The van der Waals surface area contributed by atoms with E-state index in [1.54, 1.807) is 25.7 Å². The van der Waals surface area contributed by atoms with Crippen LogP contribution in [0.4, 0.5) is 0 Å². The highest BCUT2D eigenvalue weighted by molar-refractivity contribution is 5.22. The van der Waals surface area contributed by atoms with Crippen molar-refractivity contribution in [3.8, 4) is 0 Å². The Morgan fingerprint density at radius 3 is 1.42 bits per heavy atom. The van der Waals surface area contributed by atoms with Crippen molar-refractivity contribution in [3.63, 3.8) is 0 Å². The Morgan fingerprint density at radius 1 is 0.478 bits per heavy atom. The third-order valence-electron chi connectivity index (χ3n) is 25.7. The Labute approximate surface area is 436 Å². The van der Waals surface area contributed by atoms with Crippen LogP contribution in [0.25, 0.3) is 0 Å². The molecule has 12 saturated carbocycles. The van der Waals surface area contributed by atoms with Crippen LogP contribution in [0.15, 0.2) is 0 Å². The smallest absolute Gasteiger partial charge is 0.0241 e. The summed E-state index contributed by atoms with van der Waals surface area (Å²) >= 11 is 0. The lowest BCUT2D eigenvalue weighted by atomic mass is 9.24. The first-order valence-corrected chi connectivity index (χ1v) is 32.6. The van der Waals surface area contributed by atoms with Crippen molar-refractivity contribution in [1.29, 1.82) is 0 Å². The van der Waals surface area contributed by atoms with E-state index in [9.17, 15) is 0 Å². The van der Waals surface area contributed by atoms with Gasteiger partial charge in [0.1, 0.15) is 0 Å². The fourth-order valence-electron chi connectivity index (χ4n) is 19.1. The summed E-state index contributed by atoms with van der Waals surface area (Å²) in [7, 11) is 0. The number of hydrogen-bond acceptors (Lipinski definition) is 0. The average Bonchev–Trinajstić information content (AvgIpc) is 4.06. The molecule has 12 aliphatic rings. The summed E-state index contributed by atoms with van der Waals surface area (Å²) in [5, 5.41) is 0. The number of unbranched alkanes of at least 4 members (excludes halogenated alkanes) is 4. The highest BCUT2D eigenvalue weighted by Crippen LogP contribution is 2.80. The second-order valence-corrected chi connectivity index (χ2v) is 31.3. The van der Waals surface area contributed by atoms with E-state index < -0.39 is 0 Å². The molecule has 0 saturated heterocycles. The van der Waals surface area contributed by atoms with Gasteiger partial charge in [0.15, 0.2) is 0 Å². The summed E-state index contributed by atoms with van der Waals surface area (Å²) in [4.78, 5) is 0. The van der Waals surface area contributed by atoms with Crippen LogP contribution in [0.1, 0.15) is 304 Å². The topological polar surface area (TPSA) is 0 Å². The SMILES string of the molecule is CC1(C)C2CCC(C2)C1CC1(C)C2CCC(C2)C1(C)C.CC1C2C3CC2C13.CC1CCC(C(C)C)CC1.CC1CCC(C(C)CC2(C)CCC(C(C)C)CC2)CC1.CCCCCCC(C)CCCC. The van der Waals surface area contributed by atoms with Gasteiger partial charge in [-0.15, -0.1) is 0 Å². The van der Waals surface area contributed by atoms with Gasteiger partial charge in [-0.2, -0.15) is 0 Å². The molecule has 12 rings (SSSR count). The molecule has 8 unspecified atom stereocenters. The van der Waals surface area contributed by atoms with Crippen molar-refractivity contribution in [2.45, 2.75) is 304 Å². The Balaban J connectivity index is 0.000000149. The summed E-state index contributed by atoms with van der Waals surface area (Å²) in [5.41, 5.74) is 2.51. The van der Waals surface area contributed by atoms with Crippen LogP contribution in [-0.4, -0.2) is 0 Å². The quantitative estimate of drug-likeness (QED) is 0.144. The highest BCUT2D eigenvalue weighted by atomic mass is 14.8. The van der Waals surface area contributed by atoms with E-state index in [4.69, 9.17) is 0 Å². The minimum atomic E-state index is 0.591. The first-order valence-electron chi connectivity index (χ1n) is 32.6. The molecule has 8 bridgehead atoms. The van der Waals surface area contributed by atoms with E-state index in [2.05, 4.69) is 118 Å². The molecule has 12 fully saturated rings. The molecule has 0 radical (unpaired) electrons. The lowest BCUT2D eigenvalue weighted by Gasteiger charge is -2.81. The van der Waals surface area contributed by atoms with E-state index in [1.807, 2.05) is 0 Å². The predicted molar refractivity (Wildman–Crippen MR) is 306 cm³/mol. The number of rotatable bonds is 15. The largest absolute Gasteiger partial charge is 0.0654 e. The van der Waals surface area contributed by atoms with Gasteiger partial charge in [0, 0.05) is 0 Å². The van der Waals surface area contributed by atoms with Gasteiger partial charge >= 0.3 is 0 Å². The van der Waals surface area contributed by atoms with Gasteiger partial charge < -0.3 is 0 Å². The summed E-state index contributed by atoms with van der Waals surface area (Å²) in [6.45, 7) is 42.0. The fourth-order valence-corrected chi connectivity index (χ4v) is 19.1. The van der Waals surface area contributed by atoms with Gasteiger partial charge in [-0.25, -0.2) is 0 Å². The van der Waals surface area contributed by atoms with Gasteiger partial charge in [0.05, 0.1) is 0 Å². The zero-order chi connectivity index (χ0) is 50.5. The van der Waals surface area contributed by atoms with Crippen LogP contribution in [0.3, 0.4) is 0 Å². The molecule has 0 spiro atoms. The standard InChI is InChI=1S/C20H34.C20H38.C12H26.C10H20.C7H10/c1-18(2)14-7-6-13(10-14)17(18)12-20(5)16-9-8-15(11-16)19(20,3)4;1-15(2)18-10-12-20(5,13-11-18)14-17(4)19-8-6-16(3)7-9-19;1-4-6-8-9-11-12(3)10-7-5-2;1-8(2)10-6-4-9(3)5-7-10;1-3-6-4-2-5(6)7(3)4/h13-17H,6-12H2,1-5H3;15-19H,6-14H2,1-5H3;12H,4-11H2,1-3H3;8-10H,4-7H2,1-3H3;3-7H,2H2,1H3. The van der Waals surface area contributed by atoms with Crippen molar-refractivity contribution in [3.05, 3.63) is 0 Å². The molecule has 8 atom stereocenters. The minimum Gasteiger partial charge on any atom is -0.0654 e. The monoisotopic (exact) mass is 957 g/mol. The lowest BCUT2D eigenvalue weighted by molar-refractivity contribution is -0.333. The van der Waals surface area contributed by atoms with Crippen LogP contribution >= 0.6 is 0 Å². The summed E-state index contributed by atoms with van der Waals surface area (Å²) in [6.07, 6.45) is 43.1. The molecule has 0 amide bonds. The van der Waals surface area contributed by atoms with Gasteiger partial charge in [-0.3, -0.25) is 0 Å². The highest BCUT2D eigenvalue weighted by Gasteiger charge is 2.74. The second kappa shape index (κ2) is 25.2. The summed E-state index contributed by atoms with van der Waals surface area (Å²) in [5.74, 6) is 20.2. The molecule has 0 nitrogen and oxygen atoms in total. The zero-order valence-electron chi connectivity index (χ0n) is 50.5. The Hall–Kier alpha value is 0. The van der Waals surface area contributed by atoms with Crippen molar-refractivity contribution in [2.24, 2.45) is 134 Å². The van der Waals surface area contributed by atoms with Crippen molar-refractivity contribution < 1.29 is 0 Å². The van der Waals surface area contributed by atoms with Crippen LogP contribution in [-0.2, 0) is 0 Å². The van der Waals surface area contributed by atoms with Crippen molar-refractivity contribution in [1.82, 2.24) is 0 Å². The molecule has 0 heterocycles. The molecular formula is C69H128. The maximum Gasteiger partial charge on any atom is -0.0241 e. The van der Waals surface area contributed by atoms with E-state index in [-0.39, 0.29) is 0 Å². The molecule has 0 N–H and O–H groups in total. The Morgan fingerprint density at radius 2 is 0.986 bits per heavy atom. The van der Waals surface area contributed by atoms with Gasteiger partial charge in [-0.1, -0.05) is 195 Å². The maximum absolute atomic E-state index is 2.68. The second-order valence-electron chi connectivity index (χ2n) is 31.3. The molecule has 0 aromatic carbocycles. The molecule has 404 valence electrons. The first-order chi connectivity index (χ1) is 32.6. The molecular weight excluding hydrogens is 829 g/mol. The van der Waals surface area contributed by atoms with Crippen LogP contribution in [0.5, 0.6) is 0 Å². The summed E-state index contributed by atoms with van der Waals surface area (Å²) < 4.78 is 0. The molecule has 0 heteroatoms. The molecule has 12 aliphatic carbocycles. The number of hydrogen-bond donors (Lipinski definition) is 0. The van der Waals surface area contributed by atoms with E-state index in [0.29, 0.717) is 21.7 Å². The third-order valence-corrected chi connectivity index (χ3v) is 25.7. The van der Waals surface area contributed by atoms with Crippen molar-refractivity contribution >= 4 is 0 Å². The average molecular weight is 958 g/mol. The zero-order valence-corrected chi connectivity index (χ0v) is 50.5. The maximum atomic E-state index is 2.68.